The third-order valence-corrected chi connectivity index (χ3v) is 2.23. The molecule has 1 heterocycles. The molecule has 1 aromatic heterocycles. The molecule has 0 fully saturated rings. The zero-order chi connectivity index (χ0) is 12.5. The second-order valence-corrected chi connectivity index (χ2v) is 3.44. The quantitative estimate of drug-likeness (QED) is 0.690. The van der Waals surface area contributed by atoms with Gasteiger partial charge >= 0.3 is 6.18 Å². The van der Waals surface area contributed by atoms with Crippen molar-refractivity contribution in [2.45, 2.75) is 6.18 Å². The van der Waals surface area contributed by atoms with Gasteiger partial charge in [-0.05, 0) is 23.8 Å². The van der Waals surface area contributed by atoms with Gasteiger partial charge in [0.15, 0.2) is 0 Å². The van der Waals surface area contributed by atoms with Crippen molar-refractivity contribution < 1.29 is 17.6 Å². The van der Waals surface area contributed by atoms with E-state index in [4.69, 9.17) is 0 Å². The molecule has 0 unspecified atom stereocenters. The highest BCUT2D eigenvalue weighted by Gasteiger charge is 2.31. The first kappa shape index (κ1) is 11.6. The van der Waals surface area contributed by atoms with Gasteiger partial charge in [-0.1, -0.05) is 18.2 Å². The van der Waals surface area contributed by atoms with E-state index >= 15 is 0 Å². The Labute approximate surface area is 94.7 Å². The molecule has 1 aromatic carbocycles. The summed E-state index contributed by atoms with van der Waals surface area (Å²) in [5, 5.41) is 0. The third-order valence-electron chi connectivity index (χ3n) is 2.23. The van der Waals surface area contributed by atoms with Gasteiger partial charge in [0.25, 0.3) is 0 Å². The van der Waals surface area contributed by atoms with Crippen LogP contribution in [-0.2, 0) is 6.18 Å². The highest BCUT2D eigenvalue weighted by molar-refractivity contribution is 5.62. The first-order chi connectivity index (χ1) is 7.97. The highest BCUT2D eigenvalue weighted by atomic mass is 19.4. The second kappa shape index (κ2) is 4.16. The summed E-state index contributed by atoms with van der Waals surface area (Å²) in [4.78, 5) is 3.33. The van der Waals surface area contributed by atoms with Gasteiger partial charge in [0.05, 0.1) is 0 Å². The van der Waals surface area contributed by atoms with Crippen molar-refractivity contribution in [3.8, 4) is 11.1 Å². The van der Waals surface area contributed by atoms with E-state index in [1.165, 1.54) is 30.3 Å². The first-order valence-corrected chi connectivity index (χ1v) is 4.76. The third kappa shape index (κ3) is 2.61. The number of benzene rings is 1. The molecule has 0 saturated heterocycles. The normalized spacial score (nSPS) is 11.5. The topological polar surface area (TPSA) is 12.9 Å². The fraction of sp³-hybridized carbons (Fsp3) is 0.0833. The van der Waals surface area contributed by atoms with Crippen molar-refractivity contribution in [3.05, 3.63) is 54.1 Å². The molecule has 2 aromatic rings. The van der Waals surface area contributed by atoms with Crippen LogP contribution in [0, 0.1) is 5.82 Å². The lowest BCUT2D eigenvalue weighted by Crippen LogP contribution is -2.07. The van der Waals surface area contributed by atoms with Crippen LogP contribution in [0.4, 0.5) is 17.6 Å². The fourth-order valence-electron chi connectivity index (χ4n) is 1.37. The summed E-state index contributed by atoms with van der Waals surface area (Å²) >= 11 is 0. The Hall–Kier alpha value is -1.91. The van der Waals surface area contributed by atoms with Gasteiger partial charge in [-0.25, -0.2) is 4.39 Å². The molecule has 0 aliphatic rings. The lowest BCUT2D eigenvalue weighted by atomic mass is 10.1. The molecule has 0 radical (unpaired) electrons. The molecular formula is C12H7F4N. The number of hydrogen-bond donors (Lipinski definition) is 0. The average molecular weight is 241 g/mol. The van der Waals surface area contributed by atoms with Crippen molar-refractivity contribution in [2.24, 2.45) is 0 Å². The molecule has 0 spiro atoms. The van der Waals surface area contributed by atoms with Gasteiger partial charge in [0, 0.05) is 11.8 Å². The van der Waals surface area contributed by atoms with E-state index in [2.05, 4.69) is 4.98 Å². The maximum absolute atomic E-state index is 12.7. The number of hydrogen-bond acceptors (Lipinski definition) is 1. The van der Waals surface area contributed by atoms with Crippen LogP contribution >= 0.6 is 0 Å². The van der Waals surface area contributed by atoms with Crippen LogP contribution in [0.5, 0.6) is 0 Å². The van der Waals surface area contributed by atoms with Crippen LogP contribution in [0.15, 0.2) is 42.6 Å². The number of aromatic nitrogens is 1. The summed E-state index contributed by atoms with van der Waals surface area (Å²) in [5.74, 6) is -0.395. The van der Waals surface area contributed by atoms with E-state index in [0.29, 0.717) is 11.1 Å². The van der Waals surface area contributed by atoms with E-state index in [9.17, 15) is 17.6 Å². The molecule has 0 aliphatic heterocycles. The lowest BCUT2D eigenvalue weighted by Gasteiger charge is -2.06. The minimum absolute atomic E-state index is 0.395. The van der Waals surface area contributed by atoms with Crippen LogP contribution in [0.2, 0.25) is 0 Å². The van der Waals surface area contributed by atoms with E-state index in [1.54, 1.807) is 0 Å². The Morgan fingerprint density at radius 3 is 1.88 bits per heavy atom. The Morgan fingerprint density at radius 2 is 1.41 bits per heavy atom. The van der Waals surface area contributed by atoms with Gasteiger partial charge in [-0.2, -0.15) is 13.2 Å². The van der Waals surface area contributed by atoms with Crippen molar-refractivity contribution in [1.82, 2.24) is 4.98 Å². The molecule has 88 valence electrons. The SMILES string of the molecule is Fc1ccc(-c2ccc(C(F)(F)F)nc2)cc1. The maximum atomic E-state index is 12.7. The van der Waals surface area contributed by atoms with Crippen LogP contribution in [-0.4, -0.2) is 4.98 Å². The Balaban J connectivity index is 2.33. The number of nitrogens with zero attached hydrogens (tertiary/aromatic N) is 1. The molecule has 17 heavy (non-hydrogen) atoms. The van der Waals surface area contributed by atoms with Crippen molar-refractivity contribution in [1.29, 1.82) is 0 Å². The van der Waals surface area contributed by atoms with Gasteiger partial charge in [-0.15, -0.1) is 0 Å². The Morgan fingerprint density at radius 1 is 0.824 bits per heavy atom. The molecule has 0 amide bonds. The Kier molecular flexibility index (Phi) is 2.83. The standard InChI is InChI=1S/C12H7F4N/c13-10-4-1-8(2-5-10)9-3-6-11(17-7-9)12(14,15)16/h1-7H. The molecule has 0 N–H and O–H groups in total. The van der Waals surface area contributed by atoms with Gasteiger partial charge in [0.2, 0.25) is 0 Å². The largest absolute Gasteiger partial charge is 0.433 e. The lowest BCUT2D eigenvalue weighted by molar-refractivity contribution is -0.141. The highest BCUT2D eigenvalue weighted by Crippen LogP contribution is 2.28. The van der Waals surface area contributed by atoms with Crippen LogP contribution in [0.25, 0.3) is 11.1 Å². The minimum Gasteiger partial charge on any atom is -0.251 e. The number of rotatable bonds is 1. The zero-order valence-electron chi connectivity index (χ0n) is 8.50. The predicted octanol–water partition coefficient (Wildman–Crippen LogP) is 3.91. The molecule has 0 atom stereocenters. The fourth-order valence-corrected chi connectivity index (χ4v) is 1.37. The number of halogens is 4. The monoisotopic (exact) mass is 241 g/mol. The molecule has 5 heteroatoms. The molecule has 0 bridgehead atoms. The molecule has 0 saturated carbocycles. The van der Waals surface area contributed by atoms with E-state index < -0.39 is 17.7 Å². The molecule has 1 nitrogen and oxygen atoms in total. The van der Waals surface area contributed by atoms with E-state index in [0.717, 1.165) is 12.3 Å². The number of pyridine rings is 1. The number of alkyl halides is 3. The summed E-state index contributed by atoms with van der Waals surface area (Å²) in [6.07, 6.45) is -3.32. The van der Waals surface area contributed by atoms with Crippen LogP contribution in [0.3, 0.4) is 0 Å². The van der Waals surface area contributed by atoms with Crippen molar-refractivity contribution >= 4 is 0 Å². The van der Waals surface area contributed by atoms with Crippen LogP contribution < -0.4 is 0 Å². The summed E-state index contributed by atoms with van der Waals surface area (Å²) in [6.45, 7) is 0. The predicted molar refractivity (Wildman–Crippen MR) is 54.6 cm³/mol. The second-order valence-electron chi connectivity index (χ2n) is 3.44. The summed E-state index contributed by atoms with van der Waals surface area (Å²) in [7, 11) is 0. The summed E-state index contributed by atoms with van der Waals surface area (Å²) in [5.41, 5.74) is 0.189. The smallest absolute Gasteiger partial charge is 0.251 e. The minimum atomic E-state index is -4.44. The summed E-state index contributed by atoms with van der Waals surface area (Å²) in [6, 6.07) is 7.67. The Bertz CT molecular complexity index is 500. The summed E-state index contributed by atoms with van der Waals surface area (Å²) < 4.78 is 49.4. The van der Waals surface area contributed by atoms with Gasteiger partial charge < -0.3 is 0 Å². The van der Waals surface area contributed by atoms with Gasteiger partial charge in [-0.3, -0.25) is 4.98 Å². The zero-order valence-corrected chi connectivity index (χ0v) is 8.50. The van der Waals surface area contributed by atoms with Crippen LogP contribution in [0.1, 0.15) is 5.69 Å². The van der Waals surface area contributed by atoms with Gasteiger partial charge in [0.1, 0.15) is 11.5 Å². The molecular weight excluding hydrogens is 234 g/mol. The van der Waals surface area contributed by atoms with E-state index in [-0.39, 0.29) is 0 Å². The molecule has 0 aliphatic carbocycles. The molecule has 2 rings (SSSR count). The maximum Gasteiger partial charge on any atom is 0.433 e. The van der Waals surface area contributed by atoms with Crippen molar-refractivity contribution in [3.63, 3.8) is 0 Å². The average Bonchev–Trinajstić information content (AvgIpc) is 2.29. The van der Waals surface area contributed by atoms with E-state index in [1.807, 2.05) is 0 Å². The van der Waals surface area contributed by atoms with Crippen molar-refractivity contribution in [2.75, 3.05) is 0 Å². The first-order valence-electron chi connectivity index (χ1n) is 4.76.